The van der Waals surface area contributed by atoms with Crippen LogP contribution in [0.1, 0.15) is 31.2 Å². The molecule has 0 spiro atoms. The van der Waals surface area contributed by atoms with Crippen LogP contribution in [0.3, 0.4) is 0 Å². The van der Waals surface area contributed by atoms with Crippen molar-refractivity contribution in [1.82, 2.24) is 9.97 Å². The number of nitrogens with two attached hydrogens (primary N) is 1. The molecule has 6 heteroatoms. The minimum atomic E-state index is 0.716. The molecule has 1 aromatic heterocycles. The lowest BCUT2D eigenvalue weighted by Crippen LogP contribution is -2.21. The Hall–Kier alpha value is -1.01. The summed E-state index contributed by atoms with van der Waals surface area (Å²) in [6.45, 7) is 5.03. The summed E-state index contributed by atoms with van der Waals surface area (Å²) in [6.07, 6.45) is 3.40. The van der Waals surface area contributed by atoms with Gasteiger partial charge in [-0.3, -0.25) is 0 Å². The van der Waals surface area contributed by atoms with Crippen molar-refractivity contribution in [2.45, 2.75) is 33.1 Å². The first kappa shape index (κ1) is 14.4. The van der Waals surface area contributed by atoms with Gasteiger partial charge in [-0.2, -0.15) is 11.8 Å². The lowest BCUT2D eigenvalue weighted by molar-refractivity contribution is 0.515. The number of nitrogens with one attached hydrogen (secondary N) is 2. The Balaban J connectivity index is 2.05. The van der Waals surface area contributed by atoms with Gasteiger partial charge in [-0.25, -0.2) is 15.8 Å². The molecule has 1 aliphatic heterocycles. The molecule has 1 aromatic rings. The van der Waals surface area contributed by atoms with E-state index in [-0.39, 0.29) is 0 Å². The number of hydrogen-bond acceptors (Lipinski definition) is 6. The zero-order valence-electron chi connectivity index (χ0n) is 11.7. The van der Waals surface area contributed by atoms with Crippen molar-refractivity contribution in [2.24, 2.45) is 11.8 Å². The molecule has 0 amide bonds. The van der Waals surface area contributed by atoms with Crippen LogP contribution in [0.5, 0.6) is 0 Å². The van der Waals surface area contributed by atoms with E-state index in [1.54, 1.807) is 0 Å². The highest BCUT2D eigenvalue weighted by Gasteiger charge is 2.15. The Kier molecular flexibility index (Phi) is 5.27. The maximum atomic E-state index is 5.51. The molecule has 1 saturated heterocycles. The molecular formula is C13H23N5S. The molecule has 1 aliphatic rings. The van der Waals surface area contributed by atoms with E-state index in [1.807, 2.05) is 13.8 Å². The summed E-state index contributed by atoms with van der Waals surface area (Å²) in [6, 6.07) is 0. The van der Waals surface area contributed by atoms with E-state index in [4.69, 9.17) is 5.84 Å². The van der Waals surface area contributed by atoms with Crippen LogP contribution in [0.2, 0.25) is 0 Å². The standard InChI is InChI=1S/C13H23N5S/c1-3-11-16-12(9(2)13(17-11)18-14)15-8-10-4-6-19-7-5-10/h10H,3-8,14H2,1-2H3,(H2,15,16,17,18). The van der Waals surface area contributed by atoms with Gasteiger partial charge in [0.05, 0.1) is 0 Å². The summed E-state index contributed by atoms with van der Waals surface area (Å²) < 4.78 is 0. The minimum Gasteiger partial charge on any atom is -0.369 e. The van der Waals surface area contributed by atoms with Crippen LogP contribution in [0.15, 0.2) is 0 Å². The normalized spacial score (nSPS) is 16.4. The zero-order valence-corrected chi connectivity index (χ0v) is 12.5. The summed E-state index contributed by atoms with van der Waals surface area (Å²) in [4.78, 5) is 8.93. The topological polar surface area (TPSA) is 75.9 Å². The van der Waals surface area contributed by atoms with E-state index in [1.165, 1.54) is 24.3 Å². The summed E-state index contributed by atoms with van der Waals surface area (Å²) in [7, 11) is 0. The number of thioether (sulfide) groups is 1. The highest BCUT2D eigenvalue weighted by atomic mass is 32.2. The Bertz CT molecular complexity index is 418. The molecule has 19 heavy (non-hydrogen) atoms. The van der Waals surface area contributed by atoms with E-state index in [0.717, 1.165) is 36.1 Å². The maximum absolute atomic E-state index is 5.51. The summed E-state index contributed by atoms with van der Waals surface area (Å²) in [5.41, 5.74) is 3.64. The van der Waals surface area contributed by atoms with Crippen molar-refractivity contribution in [2.75, 3.05) is 28.8 Å². The largest absolute Gasteiger partial charge is 0.369 e. The monoisotopic (exact) mass is 281 g/mol. The lowest BCUT2D eigenvalue weighted by Gasteiger charge is -2.22. The Labute approximate surface area is 119 Å². The molecule has 106 valence electrons. The molecule has 0 unspecified atom stereocenters. The van der Waals surface area contributed by atoms with Gasteiger partial charge in [0, 0.05) is 18.5 Å². The van der Waals surface area contributed by atoms with E-state index in [2.05, 4.69) is 32.5 Å². The number of aryl methyl sites for hydroxylation is 1. The van der Waals surface area contributed by atoms with Gasteiger partial charge in [0.2, 0.25) is 0 Å². The SMILES string of the molecule is CCc1nc(NN)c(C)c(NCC2CCSCC2)n1. The van der Waals surface area contributed by atoms with Gasteiger partial charge in [0.15, 0.2) is 0 Å². The molecule has 0 radical (unpaired) electrons. The van der Waals surface area contributed by atoms with Gasteiger partial charge in [0.25, 0.3) is 0 Å². The first-order chi connectivity index (χ1) is 9.24. The van der Waals surface area contributed by atoms with Crippen molar-refractivity contribution in [3.05, 3.63) is 11.4 Å². The van der Waals surface area contributed by atoms with Crippen LogP contribution in [0.4, 0.5) is 11.6 Å². The van der Waals surface area contributed by atoms with Crippen LogP contribution >= 0.6 is 11.8 Å². The van der Waals surface area contributed by atoms with Gasteiger partial charge in [-0.05, 0) is 37.2 Å². The van der Waals surface area contributed by atoms with E-state index < -0.39 is 0 Å². The van der Waals surface area contributed by atoms with Gasteiger partial charge in [-0.15, -0.1) is 0 Å². The number of hydrogen-bond donors (Lipinski definition) is 3. The first-order valence-electron chi connectivity index (χ1n) is 6.90. The van der Waals surface area contributed by atoms with E-state index in [0.29, 0.717) is 5.82 Å². The van der Waals surface area contributed by atoms with Gasteiger partial charge in [-0.1, -0.05) is 6.92 Å². The van der Waals surface area contributed by atoms with Crippen LogP contribution in [-0.2, 0) is 6.42 Å². The van der Waals surface area contributed by atoms with E-state index in [9.17, 15) is 0 Å². The highest BCUT2D eigenvalue weighted by molar-refractivity contribution is 7.99. The quantitative estimate of drug-likeness (QED) is 0.567. The third-order valence-electron chi connectivity index (χ3n) is 3.54. The molecule has 0 saturated carbocycles. The number of hydrazine groups is 1. The number of rotatable bonds is 5. The molecule has 0 aromatic carbocycles. The van der Waals surface area contributed by atoms with Crippen molar-refractivity contribution < 1.29 is 0 Å². The van der Waals surface area contributed by atoms with E-state index >= 15 is 0 Å². The minimum absolute atomic E-state index is 0.716. The molecule has 5 nitrogen and oxygen atoms in total. The predicted molar refractivity (Wildman–Crippen MR) is 82.5 cm³/mol. The Morgan fingerprint density at radius 3 is 2.58 bits per heavy atom. The van der Waals surface area contributed by atoms with Crippen molar-refractivity contribution in [3.63, 3.8) is 0 Å². The van der Waals surface area contributed by atoms with Gasteiger partial charge >= 0.3 is 0 Å². The van der Waals surface area contributed by atoms with Crippen LogP contribution < -0.4 is 16.6 Å². The molecule has 4 N–H and O–H groups in total. The second-order valence-corrected chi connectivity index (χ2v) is 6.12. The first-order valence-corrected chi connectivity index (χ1v) is 8.05. The summed E-state index contributed by atoms with van der Waals surface area (Å²) in [5, 5.41) is 3.48. The number of aromatic nitrogens is 2. The molecule has 2 heterocycles. The molecule has 1 fully saturated rings. The van der Waals surface area contributed by atoms with Crippen LogP contribution in [0.25, 0.3) is 0 Å². The molecular weight excluding hydrogens is 258 g/mol. The Morgan fingerprint density at radius 1 is 1.26 bits per heavy atom. The van der Waals surface area contributed by atoms with Crippen molar-refractivity contribution in [3.8, 4) is 0 Å². The number of anilines is 2. The van der Waals surface area contributed by atoms with Crippen molar-refractivity contribution in [1.29, 1.82) is 0 Å². The maximum Gasteiger partial charge on any atom is 0.148 e. The third kappa shape index (κ3) is 3.73. The average molecular weight is 281 g/mol. The summed E-state index contributed by atoms with van der Waals surface area (Å²) in [5.74, 6) is 11.3. The molecule has 0 bridgehead atoms. The average Bonchev–Trinajstić information content (AvgIpc) is 2.47. The second kappa shape index (κ2) is 6.96. The fourth-order valence-corrected chi connectivity index (χ4v) is 3.43. The van der Waals surface area contributed by atoms with Crippen LogP contribution in [-0.4, -0.2) is 28.0 Å². The fourth-order valence-electron chi connectivity index (χ4n) is 2.23. The van der Waals surface area contributed by atoms with Crippen molar-refractivity contribution >= 4 is 23.4 Å². The van der Waals surface area contributed by atoms with Gasteiger partial charge in [0.1, 0.15) is 17.5 Å². The highest BCUT2D eigenvalue weighted by Crippen LogP contribution is 2.24. The third-order valence-corrected chi connectivity index (χ3v) is 4.59. The number of nitrogen functional groups attached to an aromatic ring is 1. The second-order valence-electron chi connectivity index (χ2n) is 4.90. The molecule has 0 atom stereocenters. The summed E-state index contributed by atoms with van der Waals surface area (Å²) >= 11 is 2.06. The van der Waals surface area contributed by atoms with Crippen LogP contribution in [0, 0.1) is 12.8 Å². The molecule has 0 aliphatic carbocycles. The number of nitrogens with zero attached hydrogens (tertiary/aromatic N) is 2. The smallest absolute Gasteiger partial charge is 0.148 e. The molecule has 2 rings (SSSR count). The predicted octanol–water partition coefficient (Wildman–Crippen LogP) is 2.19. The fraction of sp³-hybridized carbons (Fsp3) is 0.692. The lowest BCUT2D eigenvalue weighted by atomic mass is 10.0. The van der Waals surface area contributed by atoms with Gasteiger partial charge < -0.3 is 10.7 Å². The zero-order chi connectivity index (χ0) is 13.7. The Morgan fingerprint density at radius 2 is 1.95 bits per heavy atom.